The van der Waals surface area contributed by atoms with Gasteiger partial charge in [0.05, 0.1) is 4.88 Å². The van der Waals surface area contributed by atoms with Crippen molar-refractivity contribution in [2.45, 2.75) is 51.0 Å². The van der Waals surface area contributed by atoms with Gasteiger partial charge in [0, 0.05) is 41.3 Å². The molecule has 0 aliphatic carbocycles. The van der Waals surface area contributed by atoms with Crippen molar-refractivity contribution in [2.75, 3.05) is 13.1 Å². The summed E-state index contributed by atoms with van der Waals surface area (Å²) in [6.07, 6.45) is 6.78. The van der Waals surface area contributed by atoms with Gasteiger partial charge in [0.1, 0.15) is 11.6 Å². The van der Waals surface area contributed by atoms with Crippen LogP contribution < -0.4 is 0 Å². The predicted molar refractivity (Wildman–Crippen MR) is 123 cm³/mol. The highest BCUT2D eigenvalue weighted by Crippen LogP contribution is 2.32. The number of aryl methyl sites for hydroxylation is 1. The van der Waals surface area contributed by atoms with E-state index in [-0.39, 0.29) is 11.8 Å². The number of hydrogen-bond acceptors (Lipinski definition) is 4. The number of fused-ring (bicyclic) bond motifs is 1. The van der Waals surface area contributed by atoms with Crippen molar-refractivity contribution < 1.29 is 4.79 Å². The van der Waals surface area contributed by atoms with E-state index in [9.17, 15) is 4.79 Å². The highest BCUT2D eigenvalue weighted by Gasteiger charge is 2.30. The van der Waals surface area contributed by atoms with Gasteiger partial charge in [-0.1, -0.05) is 34.5 Å². The third-order valence-corrected chi connectivity index (χ3v) is 7.81. The summed E-state index contributed by atoms with van der Waals surface area (Å²) in [6.45, 7) is 2.58. The van der Waals surface area contributed by atoms with Crippen LogP contribution in [0.15, 0.2) is 40.9 Å². The lowest BCUT2D eigenvalue weighted by molar-refractivity contribution is 0.0708. The molecule has 5 nitrogen and oxygen atoms in total. The Balaban J connectivity index is 1.32. The molecule has 1 unspecified atom stereocenters. The number of hydrogen-bond donors (Lipinski definition) is 0. The predicted octanol–water partition coefficient (Wildman–Crippen LogP) is 5.52. The molecule has 2 aromatic heterocycles. The minimum atomic E-state index is 0.142. The number of aromatic nitrogens is 3. The monoisotopic (exact) mass is 484 g/mol. The van der Waals surface area contributed by atoms with E-state index >= 15 is 0 Å². The van der Waals surface area contributed by atoms with E-state index in [1.807, 2.05) is 23.1 Å². The van der Waals surface area contributed by atoms with Gasteiger partial charge < -0.3 is 9.47 Å². The van der Waals surface area contributed by atoms with Crippen molar-refractivity contribution >= 4 is 33.2 Å². The van der Waals surface area contributed by atoms with E-state index in [1.165, 1.54) is 19.3 Å². The Morgan fingerprint density at radius 3 is 2.73 bits per heavy atom. The quantitative estimate of drug-likeness (QED) is 0.491. The fourth-order valence-electron chi connectivity index (χ4n) is 4.56. The Morgan fingerprint density at radius 2 is 1.87 bits per heavy atom. The maximum atomic E-state index is 13.2. The summed E-state index contributed by atoms with van der Waals surface area (Å²) in [6, 6.07) is 12.3. The number of likely N-dealkylation sites (tertiary alicyclic amines) is 1. The Labute approximate surface area is 189 Å². The molecule has 0 spiro atoms. The smallest absolute Gasteiger partial charge is 0.263 e. The lowest BCUT2D eigenvalue weighted by Gasteiger charge is -2.32. The largest absolute Gasteiger partial charge is 0.337 e. The summed E-state index contributed by atoms with van der Waals surface area (Å²) < 4.78 is 3.40. The van der Waals surface area contributed by atoms with Crippen molar-refractivity contribution in [2.24, 2.45) is 0 Å². The summed E-state index contributed by atoms with van der Waals surface area (Å²) in [7, 11) is 0. The molecule has 0 saturated carbocycles. The fourth-order valence-corrected chi connectivity index (χ4v) is 5.80. The van der Waals surface area contributed by atoms with Gasteiger partial charge in [-0.25, -0.2) is 0 Å². The molecular weight excluding hydrogens is 460 g/mol. The minimum absolute atomic E-state index is 0.142. The average Bonchev–Trinajstić information content (AvgIpc) is 3.36. The standard InChI is InChI=1S/C23H25BrN4OS/c24-18-9-7-16(8-10-18)19-11-12-20(30-19)23(29)27-13-4-5-17(15-27)22-26-25-21-6-2-1-3-14-28(21)22/h7-12,17H,1-6,13-15H2. The number of carbonyl (C=O) groups excluding carboxylic acids is 1. The summed E-state index contributed by atoms with van der Waals surface area (Å²) >= 11 is 5.06. The van der Waals surface area contributed by atoms with Gasteiger partial charge in [-0.15, -0.1) is 21.5 Å². The number of nitrogens with zero attached hydrogens (tertiary/aromatic N) is 4. The Kier molecular flexibility index (Phi) is 5.74. The number of rotatable bonds is 3. The van der Waals surface area contributed by atoms with Crippen molar-refractivity contribution in [1.82, 2.24) is 19.7 Å². The average molecular weight is 485 g/mol. The first-order chi connectivity index (χ1) is 14.7. The molecule has 0 bridgehead atoms. The van der Waals surface area contributed by atoms with Crippen LogP contribution in [0.2, 0.25) is 0 Å². The molecule has 7 heteroatoms. The molecule has 2 aliphatic heterocycles. The van der Waals surface area contributed by atoms with Crippen LogP contribution in [0.25, 0.3) is 10.4 Å². The summed E-state index contributed by atoms with van der Waals surface area (Å²) in [5.41, 5.74) is 1.14. The zero-order chi connectivity index (χ0) is 20.5. The second-order valence-corrected chi connectivity index (χ2v) is 10.2. The lowest BCUT2D eigenvalue weighted by Crippen LogP contribution is -2.39. The molecule has 1 atom stereocenters. The molecule has 0 radical (unpaired) electrons. The molecule has 1 saturated heterocycles. The zero-order valence-electron chi connectivity index (χ0n) is 16.9. The molecule has 1 amide bonds. The van der Waals surface area contributed by atoms with E-state index < -0.39 is 0 Å². The van der Waals surface area contributed by atoms with Crippen LogP contribution in [0, 0.1) is 0 Å². The van der Waals surface area contributed by atoms with Crippen LogP contribution in [-0.4, -0.2) is 38.7 Å². The first-order valence-corrected chi connectivity index (χ1v) is 12.4. The minimum Gasteiger partial charge on any atom is -0.337 e. The number of benzene rings is 1. The third kappa shape index (κ3) is 3.97. The SMILES string of the molecule is O=C(c1ccc(-c2ccc(Br)cc2)s1)N1CCCC(c2nnc3n2CCCCC3)C1. The highest BCUT2D eigenvalue weighted by atomic mass is 79.9. The zero-order valence-corrected chi connectivity index (χ0v) is 19.3. The molecule has 3 aromatic rings. The van der Waals surface area contributed by atoms with Crippen LogP contribution in [0.4, 0.5) is 0 Å². The molecule has 5 rings (SSSR count). The third-order valence-electron chi connectivity index (χ3n) is 6.16. The first-order valence-electron chi connectivity index (χ1n) is 10.8. The second kappa shape index (κ2) is 8.63. The number of piperidine rings is 1. The van der Waals surface area contributed by atoms with Crippen molar-refractivity contribution in [3.63, 3.8) is 0 Å². The molecule has 4 heterocycles. The molecule has 1 aromatic carbocycles. The Hall–Kier alpha value is -1.99. The maximum Gasteiger partial charge on any atom is 0.263 e. The summed E-state index contributed by atoms with van der Waals surface area (Å²) in [5.74, 6) is 2.64. The summed E-state index contributed by atoms with van der Waals surface area (Å²) in [4.78, 5) is 17.2. The van der Waals surface area contributed by atoms with Crippen molar-refractivity contribution in [3.8, 4) is 10.4 Å². The molecular formula is C23H25BrN4OS. The van der Waals surface area contributed by atoms with E-state index in [0.717, 1.165) is 70.3 Å². The fraction of sp³-hybridized carbons (Fsp3) is 0.435. The molecule has 156 valence electrons. The van der Waals surface area contributed by atoms with Crippen LogP contribution in [-0.2, 0) is 13.0 Å². The molecule has 2 aliphatic rings. The number of thiophene rings is 1. The van der Waals surface area contributed by atoms with Gasteiger partial charge in [0.15, 0.2) is 0 Å². The molecule has 1 fully saturated rings. The van der Waals surface area contributed by atoms with E-state index in [4.69, 9.17) is 0 Å². The second-order valence-electron chi connectivity index (χ2n) is 8.20. The van der Waals surface area contributed by atoms with Gasteiger partial charge >= 0.3 is 0 Å². The highest BCUT2D eigenvalue weighted by molar-refractivity contribution is 9.10. The molecule has 30 heavy (non-hydrogen) atoms. The number of carbonyl (C=O) groups is 1. The normalized spacial score (nSPS) is 19.4. The van der Waals surface area contributed by atoms with Crippen molar-refractivity contribution in [3.05, 3.63) is 57.4 Å². The van der Waals surface area contributed by atoms with Crippen LogP contribution >= 0.6 is 27.3 Å². The van der Waals surface area contributed by atoms with E-state index in [1.54, 1.807) is 11.3 Å². The van der Waals surface area contributed by atoms with Crippen LogP contribution in [0.3, 0.4) is 0 Å². The first kappa shape index (κ1) is 19.9. The molecule has 0 N–H and O–H groups in total. The summed E-state index contributed by atoms with van der Waals surface area (Å²) in [5, 5.41) is 9.03. The lowest BCUT2D eigenvalue weighted by atomic mass is 9.97. The topological polar surface area (TPSA) is 51.0 Å². The Morgan fingerprint density at radius 1 is 1.00 bits per heavy atom. The Bertz CT molecular complexity index is 1040. The maximum absolute atomic E-state index is 13.2. The van der Waals surface area contributed by atoms with Crippen LogP contribution in [0.1, 0.15) is 59.3 Å². The number of amides is 1. The van der Waals surface area contributed by atoms with Crippen molar-refractivity contribution in [1.29, 1.82) is 0 Å². The van der Waals surface area contributed by atoms with Gasteiger partial charge in [-0.05, 0) is 55.5 Å². The van der Waals surface area contributed by atoms with Gasteiger partial charge in [-0.2, -0.15) is 0 Å². The van der Waals surface area contributed by atoms with E-state index in [2.05, 4.69) is 48.9 Å². The van der Waals surface area contributed by atoms with Crippen LogP contribution in [0.5, 0.6) is 0 Å². The van der Waals surface area contributed by atoms with Gasteiger partial charge in [0.25, 0.3) is 5.91 Å². The van der Waals surface area contributed by atoms with Gasteiger partial charge in [-0.3, -0.25) is 4.79 Å². The van der Waals surface area contributed by atoms with E-state index in [0.29, 0.717) is 0 Å². The number of halogens is 1. The van der Waals surface area contributed by atoms with Gasteiger partial charge in [0.2, 0.25) is 0 Å².